The van der Waals surface area contributed by atoms with E-state index in [0.717, 1.165) is 11.6 Å². The molecule has 28 heavy (non-hydrogen) atoms. The SMILES string of the molecule is C[C@@H](Nc1ccc(C(=O)O)cc1S(=O)(=O)Nc1ccccc1)c1ccccc1. The van der Waals surface area contributed by atoms with Gasteiger partial charge in [0.1, 0.15) is 4.90 Å². The number of para-hydroxylation sites is 1. The van der Waals surface area contributed by atoms with Crippen LogP contribution in [0.3, 0.4) is 0 Å². The van der Waals surface area contributed by atoms with E-state index in [4.69, 9.17) is 0 Å². The van der Waals surface area contributed by atoms with Crippen molar-refractivity contribution in [1.82, 2.24) is 0 Å². The molecule has 0 heterocycles. The largest absolute Gasteiger partial charge is 0.478 e. The molecular formula is C21H20N2O4S. The van der Waals surface area contributed by atoms with Gasteiger partial charge in [0, 0.05) is 11.7 Å². The molecule has 3 rings (SSSR count). The molecule has 0 bridgehead atoms. The Hall–Kier alpha value is -3.32. The van der Waals surface area contributed by atoms with Crippen LogP contribution in [-0.2, 0) is 10.0 Å². The van der Waals surface area contributed by atoms with Gasteiger partial charge in [-0.2, -0.15) is 0 Å². The monoisotopic (exact) mass is 396 g/mol. The summed E-state index contributed by atoms with van der Waals surface area (Å²) in [6.45, 7) is 1.90. The normalized spacial score (nSPS) is 12.2. The van der Waals surface area contributed by atoms with E-state index in [9.17, 15) is 18.3 Å². The Morgan fingerprint density at radius 3 is 2.14 bits per heavy atom. The molecule has 3 aromatic rings. The van der Waals surface area contributed by atoms with Gasteiger partial charge in [0.15, 0.2) is 0 Å². The standard InChI is InChI=1S/C21H20N2O4S/c1-15(16-8-4-2-5-9-16)22-19-13-12-17(21(24)25)14-20(19)28(26,27)23-18-10-6-3-7-11-18/h2-15,22-23H,1H3,(H,24,25)/t15-/m1/s1. The summed E-state index contributed by atoms with van der Waals surface area (Å²) in [5.74, 6) is -1.20. The maximum absolute atomic E-state index is 13.0. The van der Waals surface area contributed by atoms with E-state index in [1.807, 2.05) is 37.3 Å². The molecule has 0 spiro atoms. The summed E-state index contributed by atoms with van der Waals surface area (Å²) in [6, 6.07) is 21.8. The maximum Gasteiger partial charge on any atom is 0.335 e. The topological polar surface area (TPSA) is 95.5 Å². The van der Waals surface area contributed by atoms with Crippen LogP contribution >= 0.6 is 0 Å². The fraction of sp³-hybridized carbons (Fsp3) is 0.0952. The van der Waals surface area contributed by atoms with E-state index in [1.54, 1.807) is 30.3 Å². The molecule has 0 unspecified atom stereocenters. The predicted molar refractivity (Wildman–Crippen MR) is 109 cm³/mol. The second-order valence-electron chi connectivity index (χ2n) is 6.26. The Morgan fingerprint density at radius 1 is 0.929 bits per heavy atom. The summed E-state index contributed by atoms with van der Waals surface area (Å²) in [4.78, 5) is 11.2. The molecule has 3 N–H and O–H groups in total. The number of nitrogens with one attached hydrogen (secondary N) is 2. The number of hydrogen-bond donors (Lipinski definition) is 3. The highest BCUT2D eigenvalue weighted by molar-refractivity contribution is 7.92. The lowest BCUT2D eigenvalue weighted by molar-refractivity contribution is 0.0696. The van der Waals surface area contributed by atoms with E-state index in [2.05, 4.69) is 10.0 Å². The summed E-state index contributed by atoms with van der Waals surface area (Å²) in [6.07, 6.45) is 0. The average molecular weight is 396 g/mol. The molecule has 0 saturated carbocycles. The highest BCUT2D eigenvalue weighted by Gasteiger charge is 2.22. The van der Waals surface area contributed by atoms with Gasteiger partial charge >= 0.3 is 5.97 Å². The van der Waals surface area contributed by atoms with Gasteiger partial charge in [0.2, 0.25) is 0 Å². The molecule has 6 nitrogen and oxygen atoms in total. The van der Waals surface area contributed by atoms with Crippen molar-refractivity contribution in [3.05, 3.63) is 90.0 Å². The fourth-order valence-corrected chi connectivity index (χ4v) is 4.03. The van der Waals surface area contributed by atoms with Crippen molar-refractivity contribution in [1.29, 1.82) is 0 Å². The number of carbonyl (C=O) groups is 1. The molecule has 144 valence electrons. The zero-order valence-electron chi connectivity index (χ0n) is 15.2. The van der Waals surface area contributed by atoms with Crippen LogP contribution in [0.4, 0.5) is 11.4 Å². The van der Waals surface area contributed by atoms with Crippen LogP contribution in [-0.4, -0.2) is 19.5 Å². The lowest BCUT2D eigenvalue weighted by Crippen LogP contribution is -2.17. The molecule has 0 aliphatic carbocycles. The second-order valence-corrected chi connectivity index (χ2v) is 7.92. The smallest absolute Gasteiger partial charge is 0.335 e. The first-order valence-electron chi connectivity index (χ1n) is 8.63. The Morgan fingerprint density at radius 2 is 1.54 bits per heavy atom. The zero-order valence-corrected chi connectivity index (χ0v) is 16.0. The Bertz CT molecular complexity index is 1070. The van der Waals surface area contributed by atoms with Gasteiger partial charge in [-0.05, 0) is 42.8 Å². The Labute approximate surface area is 163 Å². The van der Waals surface area contributed by atoms with Crippen LogP contribution in [0.1, 0.15) is 28.9 Å². The molecule has 0 radical (unpaired) electrons. The molecule has 1 atom stereocenters. The maximum atomic E-state index is 13.0. The van der Waals surface area contributed by atoms with E-state index in [0.29, 0.717) is 11.4 Å². The Kier molecular flexibility index (Phi) is 5.65. The molecule has 0 amide bonds. The number of hydrogen-bond acceptors (Lipinski definition) is 4. The highest BCUT2D eigenvalue weighted by atomic mass is 32.2. The quantitative estimate of drug-likeness (QED) is 0.551. The summed E-state index contributed by atoms with van der Waals surface area (Å²) < 4.78 is 28.4. The number of sulfonamides is 1. The molecule has 3 aromatic carbocycles. The van der Waals surface area contributed by atoms with E-state index >= 15 is 0 Å². The van der Waals surface area contributed by atoms with Gasteiger partial charge in [-0.25, -0.2) is 13.2 Å². The molecular weight excluding hydrogens is 376 g/mol. The van der Waals surface area contributed by atoms with Crippen molar-refractivity contribution in [3.8, 4) is 0 Å². The number of aromatic carboxylic acids is 1. The van der Waals surface area contributed by atoms with Crippen LogP contribution < -0.4 is 10.0 Å². The van der Waals surface area contributed by atoms with Crippen molar-refractivity contribution in [2.24, 2.45) is 0 Å². The molecule has 0 fully saturated rings. The number of anilines is 2. The lowest BCUT2D eigenvalue weighted by atomic mass is 10.1. The van der Waals surface area contributed by atoms with Gasteiger partial charge in [-0.15, -0.1) is 0 Å². The predicted octanol–water partition coefficient (Wildman–Crippen LogP) is 4.36. The molecule has 7 heteroatoms. The van der Waals surface area contributed by atoms with Crippen molar-refractivity contribution < 1.29 is 18.3 Å². The van der Waals surface area contributed by atoms with Crippen LogP contribution in [0.2, 0.25) is 0 Å². The van der Waals surface area contributed by atoms with E-state index < -0.39 is 16.0 Å². The lowest BCUT2D eigenvalue weighted by Gasteiger charge is -2.19. The summed E-state index contributed by atoms with van der Waals surface area (Å²) in [5, 5.41) is 12.5. The third kappa shape index (κ3) is 4.50. The van der Waals surface area contributed by atoms with Crippen LogP contribution in [0.5, 0.6) is 0 Å². The van der Waals surface area contributed by atoms with Gasteiger partial charge in [0.05, 0.1) is 11.3 Å². The number of carboxylic acid groups (broad SMARTS) is 1. The van der Waals surface area contributed by atoms with Crippen molar-refractivity contribution >= 4 is 27.4 Å². The first kappa shape index (κ1) is 19.4. The van der Waals surface area contributed by atoms with Crippen LogP contribution in [0.25, 0.3) is 0 Å². The van der Waals surface area contributed by atoms with Gasteiger partial charge in [0.25, 0.3) is 10.0 Å². The van der Waals surface area contributed by atoms with Crippen molar-refractivity contribution in [2.45, 2.75) is 17.9 Å². The van der Waals surface area contributed by atoms with Gasteiger partial charge in [-0.1, -0.05) is 48.5 Å². The summed E-state index contributed by atoms with van der Waals surface area (Å²) >= 11 is 0. The number of carboxylic acids is 1. The first-order chi connectivity index (χ1) is 13.4. The van der Waals surface area contributed by atoms with Crippen molar-refractivity contribution in [3.63, 3.8) is 0 Å². The van der Waals surface area contributed by atoms with Crippen LogP contribution in [0, 0.1) is 0 Å². The second kappa shape index (κ2) is 8.14. The molecule has 0 saturated heterocycles. The average Bonchev–Trinajstić information content (AvgIpc) is 2.69. The third-order valence-electron chi connectivity index (χ3n) is 4.22. The molecule has 0 aliphatic rings. The minimum Gasteiger partial charge on any atom is -0.478 e. The fourth-order valence-electron chi connectivity index (χ4n) is 2.77. The highest BCUT2D eigenvalue weighted by Crippen LogP contribution is 2.28. The van der Waals surface area contributed by atoms with Gasteiger partial charge in [-0.3, -0.25) is 4.72 Å². The third-order valence-corrected chi connectivity index (χ3v) is 5.64. The number of benzene rings is 3. The summed E-state index contributed by atoms with van der Waals surface area (Å²) in [7, 11) is -4.00. The molecule has 0 aromatic heterocycles. The minimum absolute atomic E-state index is 0.105. The number of rotatable bonds is 7. The Balaban J connectivity index is 2.00. The van der Waals surface area contributed by atoms with Crippen molar-refractivity contribution in [2.75, 3.05) is 10.0 Å². The van der Waals surface area contributed by atoms with Crippen LogP contribution in [0.15, 0.2) is 83.8 Å². The minimum atomic E-state index is -4.00. The first-order valence-corrected chi connectivity index (χ1v) is 10.1. The molecule has 0 aliphatic heterocycles. The zero-order chi connectivity index (χ0) is 20.1. The van der Waals surface area contributed by atoms with E-state index in [1.165, 1.54) is 12.1 Å². The van der Waals surface area contributed by atoms with E-state index in [-0.39, 0.29) is 16.5 Å². The summed E-state index contributed by atoms with van der Waals surface area (Å²) in [5.41, 5.74) is 1.59. The van der Waals surface area contributed by atoms with Gasteiger partial charge < -0.3 is 10.4 Å².